The first-order valence-corrected chi connectivity index (χ1v) is 24.7. The molecule has 2 aliphatic rings. The highest BCUT2D eigenvalue weighted by molar-refractivity contribution is 6.31. The van der Waals surface area contributed by atoms with Gasteiger partial charge in [0, 0.05) is 68.7 Å². The number of aromatic nitrogens is 4. The molecule has 7 aromatic rings. The van der Waals surface area contributed by atoms with Crippen molar-refractivity contribution >= 4 is 56.8 Å². The number of benzene rings is 5. The number of amides is 2. The van der Waals surface area contributed by atoms with E-state index in [9.17, 15) is 19.2 Å². The number of hydrogen-bond donors (Lipinski definition) is 1. The smallest absolute Gasteiger partial charge is 0.261 e. The number of nitrogens with zero attached hydrogens (tertiary/aromatic N) is 7. The molecule has 4 heterocycles. The van der Waals surface area contributed by atoms with Crippen molar-refractivity contribution in [2.75, 3.05) is 39.3 Å². The molecule has 2 aromatic heterocycles. The van der Waals surface area contributed by atoms with Gasteiger partial charge in [0.15, 0.2) is 0 Å². The van der Waals surface area contributed by atoms with Crippen LogP contribution in [0.3, 0.4) is 0 Å². The van der Waals surface area contributed by atoms with Crippen LogP contribution >= 0.6 is 23.2 Å². The fourth-order valence-corrected chi connectivity index (χ4v) is 9.90. The van der Waals surface area contributed by atoms with Crippen LogP contribution in [0.2, 0.25) is 10.0 Å². The minimum Gasteiger partial charge on any atom is -0.331 e. The Morgan fingerprint density at radius 1 is 0.507 bits per heavy atom. The summed E-state index contributed by atoms with van der Waals surface area (Å²) in [5.74, 6) is 1.50. The van der Waals surface area contributed by atoms with Gasteiger partial charge in [-0.15, -0.1) is 0 Å². The highest BCUT2D eigenvalue weighted by atomic mass is 35.5. The Morgan fingerprint density at radius 2 is 0.942 bits per heavy atom. The van der Waals surface area contributed by atoms with E-state index in [0.29, 0.717) is 95.6 Å². The van der Waals surface area contributed by atoms with Gasteiger partial charge >= 0.3 is 0 Å². The summed E-state index contributed by atoms with van der Waals surface area (Å²) in [7, 11) is 0. The van der Waals surface area contributed by atoms with Crippen molar-refractivity contribution in [2.45, 2.75) is 72.3 Å². The van der Waals surface area contributed by atoms with Crippen molar-refractivity contribution in [3.8, 4) is 0 Å². The van der Waals surface area contributed by atoms with Crippen molar-refractivity contribution in [1.29, 1.82) is 0 Å². The van der Waals surface area contributed by atoms with Crippen LogP contribution in [-0.2, 0) is 29.2 Å². The lowest BCUT2D eigenvalue weighted by Gasteiger charge is -2.35. The summed E-state index contributed by atoms with van der Waals surface area (Å²) < 4.78 is 3.47. The molecule has 9 rings (SSSR count). The molecule has 5 aromatic carbocycles. The first kappa shape index (κ1) is 49.2. The molecule has 358 valence electrons. The number of hydrogen-bond acceptors (Lipinski definition) is 8. The SMILES string of the molecule is CC(C)C(c1nc2cc(Cl)ccc2c(=O)n1Cc1ccccc1)N1CCN(Cc2ccccc2)CCC1=O.CC(C)C(c1nc2cc(Cl)ccc2c(=O)n1Cc1ccccc1)N1CCNCCC1=O. The van der Waals surface area contributed by atoms with E-state index in [-0.39, 0.29) is 46.9 Å². The summed E-state index contributed by atoms with van der Waals surface area (Å²) >= 11 is 12.5. The van der Waals surface area contributed by atoms with Crippen LogP contribution in [0.5, 0.6) is 0 Å². The predicted octanol–water partition coefficient (Wildman–Crippen LogP) is 9.15. The van der Waals surface area contributed by atoms with Crippen LogP contribution in [0.25, 0.3) is 21.8 Å². The number of carbonyl (C=O) groups excluding carboxylic acids is 2. The lowest BCUT2D eigenvalue weighted by molar-refractivity contribution is -0.134. The predicted molar refractivity (Wildman–Crippen MR) is 276 cm³/mol. The molecule has 2 amide bonds. The van der Waals surface area contributed by atoms with Crippen molar-refractivity contribution in [3.63, 3.8) is 0 Å². The van der Waals surface area contributed by atoms with Crippen molar-refractivity contribution in [2.24, 2.45) is 11.8 Å². The van der Waals surface area contributed by atoms with E-state index in [0.717, 1.165) is 30.8 Å². The molecule has 14 heteroatoms. The van der Waals surface area contributed by atoms with Crippen LogP contribution in [0.15, 0.2) is 137 Å². The van der Waals surface area contributed by atoms with E-state index in [4.69, 9.17) is 33.2 Å². The molecule has 0 bridgehead atoms. The van der Waals surface area contributed by atoms with Gasteiger partial charge < -0.3 is 15.1 Å². The molecular weight excluding hydrogens is 908 g/mol. The normalized spacial score (nSPS) is 15.8. The van der Waals surface area contributed by atoms with E-state index >= 15 is 0 Å². The number of halogens is 2. The summed E-state index contributed by atoms with van der Waals surface area (Å²) in [5.41, 5.74) is 4.12. The van der Waals surface area contributed by atoms with Gasteiger partial charge in [-0.1, -0.05) is 142 Å². The van der Waals surface area contributed by atoms with Gasteiger partial charge in [0.1, 0.15) is 11.6 Å². The van der Waals surface area contributed by atoms with E-state index in [1.165, 1.54) is 5.56 Å². The van der Waals surface area contributed by atoms with E-state index in [2.05, 4.69) is 50.0 Å². The molecule has 0 radical (unpaired) electrons. The number of fused-ring (bicyclic) bond motifs is 2. The monoisotopic (exact) mass is 966 g/mol. The molecule has 2 unspecified atom stereocenters. The summed E-state index contributed by atoms with van der Waals surface area (Å²) in [5, 5.41) is 5.39. The summed E-state index contributed by atoms with van der Waals surface area (Å²) in [4.78, 5) is 70.0. The minimum atomic E-state index is -0.348. The largest absolute Gasteiger partial charge is 0.331 e. The number of rotatable bonds is 12. The van der Waals surface area contributed by atoms with Gasteiger partial charge in [0.25, 0.3) is 11.1 Å². The van der Waals surface area contributed by atoms with Gasteiger partial charge in [-0.2, -0.15) is 0 Å². The van der Waals surface area contributed by atoms with Gasteiger partial charge in [0.05, 0.1) is 47.0 Å². The zero-order chi connectivity index (χ0) is 48.6. The average molecular weight is 968 g/mol. The molecule has 2 saturated heterocycles. The Kier molecular flexibility index (Phi) is 16.1. The van der Waals surface area contributed by atoms with E-state index < -0.39 is 0 Å². The Balaban J connectivity index is 0.000000190. The van der Waals surface area contributed by atoms with E-state index in [1.54, 1.807) is 45.5 Å². The molecule has 69 heavy (non-hydrogen) atoms. The lowest BCUT2D eigenvalue weighted by atomic mass is 10.00. The van der Waals surface area contributed by atoms with Crippen molar-refractivity contribution in [3.05, 3.63) is 186 Å². The minimum absolute atomic E-state index is 0.0465. The molecule has 2 aliphatic heterocycles. The first-order valence-electron chi connectivity index (χ1n) is 23.9. The maximum atomic E-state index is 13.8. The topological polar surface area (TPSA) is 126 Å². The highest BCUT2D eigenvalue weighted by Gasteiger charge is 2.35. The Labute approximate surface area is 413 Å². The average Bonchev–Trinajstić information content (AvgIpc) is 3.66. The molecular formula is C55H60Cl2N8O4. The third-order valence-corrected chi connectivity index (χ3v) is 13.4. The highest BCUT2D eigenvalue weighted by Crippen LogP contribution is 2.32. The van der Waals surface area contributed by atoms with E-state index in [1.807, 2.05) is 88.7 Å². The van der Waals surface area contributed by atoms with Crippen molar-refractivity contribution < 1.29 is 9.59 Å². The van der Waals surface area contributed by atoms with Crippen LogP contribution in [0.1, 0.15) is 81.0 Å². The molecule has 0 aliphatic carbocycles. The summed E-state index contributed by atoms with van der Waals surface area (Å²) in [6.45, 7) is 13.9. The van der Waals surface area contributed by atoms with Crippen LogP contribution in [-0.4, -0.2) is 84.9 Å². The van der Waals surface area contributed by atoms with Crippen LogP contribution in [0, 0.1) is 11.8 Å². The Hall–Kier alpha value is -6.18. The third kappa shape index (κ3) is 11.6. The summed E-state index contributed by atoms with van der Waals surface area (Å²) in [6, 6.07) is 39.8. The molecule has 0 spiro atoms. The number of carbonyl (C=O) groups is 2. The Morgan fingerprint density at radius 3 is 1.41 bits per heavy atom. The molecule has 0 saturated carbocycles. The standard InChI is InChI=1S/C31H33ClN4O2.C24H27ClN4O2/c1-22(2)29(35-18-17-34(16-15-28(35)37)20-23-9-5-3-6-10-23)30-33-27-19-25(32)13-14-26(27)31(38)36(30)21-24-11-7-4-8-12-24;1-16(2)22(28-13-12-26-11-10-21(28)30)23-27-20-14-18(25)8-9-19(20)24(31)29(23)15-17-6-4-3-5-7-17/h3-14,19,22,29H,15-18,20-21H2,1-2H3;3-9,14,16,22,26H,10-13,15H2,1-2H3. The van der Waals surface area contributed by atoms with Crippen LogP contribution in [0.4, 0.5) is 0 Å². The summed E-state index contributed by atoms with van der Waals surface area (Å²) in [6.07, 6.45) is 0.865. The second-order valence-electron chi connectivity index (χ2n) is 18.6. The molecule has 12 nitrogen and oxygen atoms in total. The zero-order valence-electron chi connectivity index (χ0n) is 39.7. The van der Waals surface area contributed by atoms with Gasteiger partial charge in [-0.3, -0.25) is 33.2 Å². The maximum Gasteiger partial charge on any atom is 0.261 e. The molecule has 2 atom stereocenters. The second kappa shape index (κ2) is 22.5. The second-order valence-corrected chi connectivity index (χ2v) is 19.5. The van der Waals surface area contributed by atoms with Crippen LogP contribution < -0.4 is 16.4 Å². The molecule has 1 N–H and O–H groups in total. The van der Waals surface area contributed by atoms with Gasteiger partial charge in [-0.25, -0.2) is 9.97 Å². The Bertz CT molecular complexity index is 3020. The fraction of sp³-hybridized carbons (Fsp3) is 0.345. The zero-order valence-corrected chi connectivity index (χ0v) is 41.2. The fourth-order valence-electron chi connectivity index (χ4n) is 9.57. The van der Waals surface area contributed by atoms with Crippen molar-refractivity contribution in [1.82, 2.24) is 39.1 Å². The first-order chi connectivity index (χ1) is 33.4. The third-order valence-electron chi connectivity index (χ3n) is 13.0. The quantitative estimate of drug-likeness (QED) is 0.129. The lowest BCUT2D eigenvalue weighted by Crippen LogP contribution is -2.42. The van der Waals surface area contributed by atoms with Gasteiger partial charge in [-0.05, 0) is 64.9 Å². The van der Waals surface area contributed by atoms with Gasteiger partial charge in [0.2, 0.25) is 11.8 Å². The number of nitrogens with one attached hydrogen (secondary N) is 1. The molecule has 2 fully saturated rings. The maximum absolute atomic E-state index is 13.8.